The summed E-state index contributed by atoms with van der Waals surface area (Å²) in [5, 5.41) is 57.2. The van der Waals surface area contributed by atoms with Crippen LogP contribution in [0.25, 0.3) is 0 Å². The molecule has 0 aliphatic carbocycles. The summed E-state index contributed by atoms with van der Waals surface area (Å²) in [6, 6.07) is -1.03. The van der Waals surface area contributed by atoms with Crippen LogP contribution >= 0.6 is 0 Å². The van der Waals surface area contributed by atoms with E-state index in [4.69, 9.17) is 14.2 Å². The summed E-state index contributed by atoms with van der Waals surface area (Å²) in [4.78, 5) is 26.6. The highest BCUT2D eigenvalue weighted by Gasteiger charge is 2.47. The molecule has 1 heterocycles. The van der Waals surface area contributed by atoms with Crippen molar-refractivity contribution in [2.45, 2.75) is 359 Å². The van der Waals surface area contributed by atoms with Crippen LogP contribution < -0.4 is 5.32 Å². The Morgan fingerprint density at radius 1 is 0.482 bits per heavy atom. The van der Waals surface area contributed by atoms with Crippen molar-refractivity contribution in [3.8, 4) is 0 Å². The molecule has 482 valence electrons. The fourth-order valence-corrected chi connectivity index (χ4v) is 10.7. The van der Waals surface area contributed by atoms with Gasteiger partial charge >= 0.3 is 5.97 Å². The molecule has 8 atom stereocenters. The maximum Gasteiger partial charge on any atom is 0.306 e. The van der Waals surface area contributed by atoms with E-state index in [0.29, 0.717) is 19.3 Å². The number of allylic oxidation sites excluding steroid dienone is 11. The summed E-state index contributed by atoms with van der Waals surface area (Å²) in [5.41, 5.74) is 0. The maximum absolute atomic E-state index is 13.5. The Morgan fingerprint density at radius 3 is 1.30 bits per heavy atom. The molecule has 0 radical (unpaired) electrons. The van der Waals surface area contributed by atoms with E-state index >= 15 is 0 Å². The Kier molecular flexibility index (Phi) is 55.9. The van der Waals surface area contributed by atoms with E-state index in [9.17, 15) is 35.1 Å². The molecule has 6 N–H and O–H groups in total. The second-order valence-corrected chi connectivity index (χ2v) is 23.9. The van der Waals surface area contributed by atoms with Crippen LogP contribution in [0.2, 0.25) is 0 Å². The smallest absolute Gasteiger partial charge is 0.306 e. The number of hydrogen-bond acceptors (Lipinski definition) is 10. The van der Waals surface area contributed by atoms with Crippen molar-refractivity contribution in [1.29, 1.82) is 0 Å². The standard InChI is InChI=1S/C72H129NO10/c1-4-7-10-13-16-19-22-24-26-28-30-31-32-33-34-35-36-38-40-42-45-48-51-54-57-60-67(77)83-70-69(79)68(78)66(61-74)82-72(70)81-62-63(64(75)58-55-52-49-46-43-21-18-15-12-9-6-3)73-71(80)65(76)59-56-53-50-47-44-41-39-37-29-27-25-23-20-17-14-11-8-5-2/h7,10,16,19,24,26,30-31,33-34,55,58,63-66,68-70,72,74-76,78-79H,4-6,8-9,11-15,17-18,20-23,25,27-29,32,35-54,56-57,59-62H2,1-3H3,(H,73,80)/b10-7-,19-16-,26-24-,31-30-,34-33-,58-55+. The topological polar surface area (TPSA) is 175 Å². The lowest BCUT2D eigenvalue weighted by molar-refractivity contribution is -0.305. The van der Waals surface area contributed by atoms with Gasteiger partial charge in [-0.15, -0.1) is 0 Å². The molecule has 1 fully saturated rings. The maximum atomic E-state index is 13.5. The van der Waals surface area contributed by atoms with Crippen LogP contribution in [0, 0.1) is 0 Å². The first-order valence-electron chi connectivity index (χ1n) is 34.7. The van der Waals surface area contributed by atoms with Gasteiger partial charge in [-0.05, 0) is 70.6 Å². The average molecular weight is 1170 g/mol. The van der Waals surface area contributed by atoms with Crippen molar-refractivity contribution in [3.05, 3.63) is 72.9 Å². The molecule has 0 aromatic rings. The number of ether oxygens (including phenoxy) is 3. The molecule has 0 saturated carbocycles. The molecule has 1 rings (SSSR count). The second-order valence-electron chi connectivity index (χ2n) is 23.9. The summed E-state index contributed by atoms with van der Waals surface area (Å²) in [6.45, 7) is 5.70. The SMILES string of the molecule is CC/C=C\C/C=C\C/C=C\C/C=C\C/C=C\CCCCCCCCCCCC(=O)OC1C(OCC(NC(=O)C(O)CCCCCCCCCCCCCCCCCCCC)C(O)/C=C/CCCCCCCCCCC)OC(CO)C(O)C1O. The lowest BCUT2D eigenvalue weighted by Gasteiger charge is -2.41. The molecule has 0 spiro atoms. The number of esters is 1. The van der Waals surface area contributed by atoms with E-state index in [0.717, 1.165) is 103 Å². The molecule has 1 aliphatic rings. The minimum Gasteiger partial charge on any atom is -0.454 e. The third-order valence-corrected chi connectivity index (χ3v) is 16.1. The Labute approximate surface area is 509 Å². The molecule has 1 saturated heterocycles. The van der Waals surface area contributed by atoms with Crippen LogP contribution in [0.1, 0.15) is 310 Å². The Hall–Kier alpha value is -2.90. The van der Waals surface area contributed by atoms with Gasteiger partial charge in [-0.3, -0.25) is 9.59 Å². The highest BCUT2D eigenvalue weighted by molar-refractivity contribution is 5.80. The van der Waals surface area contributed by atoms with Gasteiger partial charge in [0.05, 0.1) is 25.4 Å². The molecule has 11 nitrogen and oxygen atoms in total. The summed E-state index contributed by atoms with van der Waals surface area (Å²) in [6.07, 6.45) is 66.5. The van der Waals surface area contributed by atoms with Crippen molar-refractivity contribution in [3.63, 3.8) is 0 Å². The number of hydrogen-bond donors (Lipinski definition) is 6. The third-order valence-electron chi connectivity index (χ3n) is 16.1. The first-order chi connectivity index (χ1) is 40.7. The van der Waals surface area contributed by atoms with Gasteiger partial charge in [0.1, 0.15) is 24.4 Å². The van der Waals surface area contributed by atoms with Crippen molar-refractivity contribution < 1.29 is 49.3 Å². The molecule has 8 unspecified atom stereocenters. The summed E-state index contributed by atoms with van der Waals surface area (Å²) >= 11 is 0. The highest BCUT2D eigenvalue weighted by Crippen LogP contribution is 2.26. The monoisotopic (exact) mass is 1170 g/mol. The third kappa shape index (κ3) is 46.9. The molecule has 0 bridgehead atoms. The Morgan fingerprint density at radius 2 is 0.867 bits per heavy atom. The van der Waals surface area contributed by atoms with Gasteiger partial charge in [0.2, 0.25) is 5.91 Å². The van der Waals surface area contributed by atoms with Crippen molar-refractivity contribution in [2.24, 2.45) is 0 Å². The van der Waals surface area contributed by atoms with E-state index in [2.05, 4.69) is 86.8 Å². The van der Waals surface area contributed by atoms with Gasteiger partial charge < -0.3 is 45.1 Å². The van der Waals surface area contributed by atoms with E-state index < -0.39 is 67.4 Å². The Bertz CT molecular complexity index is 1630. The van der Waals surface area contributed by atoms with Gasteiger partial charge in [-0.1, -0.05) is 306 Å². The zero-order valence-corrected chi connectivity index (χ0v) is 53.6. The molecule has 83 heavy (non-hydrogen) atoms. The number of carbonyl (C=O) groups excluding carboxylic acids is 2. The normalized spacial score (nSPS) is 19.0. The molecular formula is C72H129NO10. The Balaban J connectivity index is 2.57. The van der Waals surface area contributed by atoms with Crippen LogP contribution in [-0.2, 0) is 23.8 Å². The van der Waals surface area contributed by atoms with Gasteiger partial charge in [0.15, 0.2) is 12.4 Å². The van der Waals surface area contributed by atoms with Crippen LogP contribution in [0.5, 0.6) is 0 Å². The van der Waals surface area contributed by atoms with Gasteiger partial charge in [-0.25, -0.2) is 0 Å². The van der Waals surface area contributed by atoms with E-state index in [1.807, 2.05) is 6.08 Å². The largest absolute Gasteiger partial charge is 0.454 e. The zero-order chi connectivity index (χ0) is 60.3. The number of nitrogens with one attached hydrogen (secondary N) is 1. The summed E-state index contributed by atoms with van der Waals surface area (Å²) < 4.78 is 17.7. The van der Waals surface area contributed by atoms with E-state index in [-0.39, 0.29) is 13.0 Å². The predicted molar refractivity (Wildman–Crippen MR) is 347 cm³/mol. The van der Waals surface area contributed by atoms with Crippen molar-refractivity contribution in [1.82, 2.24) is 5.32 Å². The molecule has 1 amide bonds. The average Bonchev–Trinajstić information content (AvgIpc) is 3.67. The number of unbranched alkanes of at least 4 members (excludes halogenated alkanes) is 35. The lowest BCUT2D eigenvalue weighted by Crippen LogP contribution is -2.61. The second kappa shape index (κ2) is 59.4. The zero-order valence-electron chi connectivity index (χ0n) is 53.6. The molecule has 1 aliphatic heterocycles. The molecular weight excluding hydrogens is 1040 g/mol. The van der Waals surface area contributed by atoms with Crippen LogP contribution in [0.4, 0.5) is 0 Å². The number of aliphatic hydroxyl groups excluding tert-OH is 5. The fourth-order valence-electron chi connectivity index (χ4n) is 10.7. The molecule has 11 heteroatoms. The quantitative estimate of drug-likeness (QED) is 0.0195. The number of aliphatic hydroxyl groups is 5. The molecule has 0 aromatic carbocycles. The molecule has 0 aromatic heterocycles. The predicted octanol–water partition coefficient (Wildman–Crippen LogP) is 17.5. The summed E-state index contributed by atoms with van der Waals surface area (Å²) in [7, 11) is 0. The van der Waals surface area contributed by atoms with Crippen LogP contribution in [-0.4, -0.2) is 99.6 Å². The number of carbonyl (C=O) groups is 2. The lowest BCUT2D eigenvalue weighted by atomic mass is 9.99. The number of rotatable bonds is 59. The minimum atomic E-state index is -1.62. The van der Waals surface area contributed by atoms with Gasteiger partial charge in [0.25, 0.3) is 0 Å². The first kappa shape index (κ1) is 78.1. The first-order valence-corrected chi connectivity index (χ1v) is 34.7. The van der Waals surface area contributed by atoms with Crippen LogP contribution in [0.15, 0.2) is 72.9 Å². The number of amides is 1. The van der Waals surface area contributed by atoms with Crippen molar-refractivity contribution in [2.75, 3.05) is 13.2 Å². The fraction of sp³-hybridized carbons (Fsp3) is 0.806. The van der Waals surface area contributed by atoms with Gasteiger partial charge in [0, 0.05) is 6.42 Å². The van der Waals surface area contributed by atoms with Gasteiger partial charge in [-0.2, -0.15) is 0 Å². The van der Waals surface area contributed by atoms with Crippen molar-refractivity contribution >= 4 is 11.9 Å². The highest BCUT2D eigenvalue weighted by atomic mass is 16.7. The van der Waals surface area contributed by atoms with E-state index in [1.165, 1.54) is 161 Å². The van der Waals surface area contributed by atoms with Crippen LogP contribution in [0.3, 0.4) is 0 Å². The minimum absolute atomic E-state index is 0.115. The van der Waals surface area contributed by atoms with E-state index in [1.54, 1.807) is 6.08 Å². The summed E-state index contributed by atoms with van der Waals surface area (Å²) in [5.74, 6) is -1.19.